The molecule has 0 unspecified atom stereocenters. The zero-order chi connectivity index (χ0) is 20.2. The molecule has 0 heterocycles. The summed E-state index contributed by atoms with van der Waals surface area (Å²) >= 11 is 6.04. The molecule has 0 spiro atoms. The van der Waals surface area contributed by atoms with Crippen LogP contribution in [0, 0.1) is 11.7 Å². The van der Waals surface area contributed by atoms with Crippen LogP contribution in [0.3, 0.4) is 0 Å². The van der Waals surface area contributed by atoms with E-state index >= 15 is 0 Å². The van der Waals surface area contributed by atoms with Gasteiger partial charge in [-0.1, -0.05) is 31.5 Å². The first-order chi connectivity index (χ1) is 12.5. The normalized spacial score (nSPS) is 11.5. The second-order valence-corrected chi connectivity index (χ2v) is 8.64. The first-order valence-electron chi connectivity index (χ1n) is 8.28. The van der Waals surface area contributed by atoms with Crippen LogP contribution in [-0.4, -0.2) is 32.0 Å². The van der Waals surface area contributed by atoms with Gasteiger partial charge in [-0.2, -0.15) is 8.42 Å². The Hall–Kier alpha value is -2.12. The molecule has 0 aliphatic carbocycles. The maximum absolute atomic E-state index is 13.5. The molecule has 0 fully saturated rings. The lowest BCUT2D eigenvalue weighted by molar-refractivity contribution is 0.0721. The first kappa shape index (κ1) is 21.2. The molecule has 8 heteroatoms. The molecule has 0 saturated heterocycles. The SMILES string of the molecule is CC(C)CN(Cc1cc(Cl)ccc1OS(C)(=O)=O)C(=O)c1cccc(F)c1. The third-order valence-electron chi connectivity index (χ3n) is 3.57. The van der Waals surface area contributed by atoms with E-state index in [4.69, 9.17) is 15.8 Å². The van der Waals surface area contributed by atoms with Crippen molar-refractivity contribution in [2.45, 2.75) is 20.4 Å². The molecule has 2 rings (SSSR count). The van der Waals surface area contributed by atoms with Crippen LogP contribution in [0.4, 0.5) is 4.39 Å². The number of hydrogen-bond acceptors (Lipinski definition) is 4. The molecule has 0 aliphatic heterocycles. The topological polar surface area (TPSA) is 63.7 Å². The largest absolute Gasteiger partial charge is 0.382 e. The van der Waals surface area contributed by atoms with Gasteiger partial charge < -0.3 is 9.08 Å². The van der Waals surface area contributed by atoms with Gasteiger partial charge in [0.05, 0.1) is 6.26 Å². The maximum Gasteiger partial charge on any atom is 0.306 e. The molecule has 5 nitrogen and oxygen atoms in total. The Kier molecular flexibility index (Phi) is 6.84. The zero-order valence-corrected chi connectivity index (χ0v) is 16.8. The lowest BCUT2D eigenvalue weighted by Gasteiger charge is -2.26. The Bertz CT molecular complexity index is 931. The van der Waals surface area contributed by atoms with E-state index in [0.29, 0.717) is 17.1 Å². The van der Waals surface area contributed by atoms with Crippen molar-refractivity contribution < 1.29 is 21.8 Å². The lowest BCUT2D eigenvalue weighted by Crippen LogP contribution is -2.34. The Morgan fingerprint density at radius 2 is 1.93 bits per heavy atom. The number of carbonyl (C=O) groups excluding carboxylic acids is 1. The molecule has 146 valence electrons. The summed E-state index contributed by atoms with van der Waals surface area (Å²) in [5.41, 5.74) is 0.654. The van der Waals surface area contributed by atoms with E-state index in [1.165, 1.54) is 41.3 Å². The quantitative estimate of drug-likeness (QED) is 0.640. The summed E-state index contributed by atoms with van der Waals surface area (Å²) in [6.07, 6.45) is 0.940. The van der Waals surface area contributed by atoms with Gasteiger partial charge in [-0.25, -0.2) is 4.39 Å². The smallest absolute Gasteiger partial charge is 0.306 e. The molecule has 2 aromatic rings. The molecule has 0 bridgehead atoms. The van der Waals surface area contributed by atoms with Crippen LogP contribution in [0.15, 0.2) is 42.5 Å². The molecular weight excluding hydrogens is 393 g/mol. The monoisotopic (exact) mass is 413 g/mol. The van der Waals surface area contributed by atoms with Crippen molar-refractivity contribution in [3.8, 4) is 5.75 Å². The number of hydrogen-bond donors (Lipinski definition) is 0. The maximum atomic E-state index is 13.5. The standard InChI is InChI=1S/C19H21ClFNO4S/c1-13(2)11-22(19(23)14-5-4-6-17(21)10-14)12-15-9-16(20)7-8-18(15)26-27(3,24)25/h4-10,13H,11-12H2,1-3H3. The summed E-state index contributed by atoms with van der Waals surface area (Å²) < 4.78 is 41.6. The Morgan fingerprint density at radius 1 is 1.22 bits per heavy atom. The average Bonchev–Trinajstić information content (AvgIpc) is 2.54. The molecule has 0 radical (unpaired) electrons. The minimum Gasteiger partial charge on any atom is -0.382 e. The van der Waals surface area contributed by atoms with Gasteiger partial charge in [-0.3, -0.25) is 4.79 Å². The molecule has 27 heavy (non-hydrogen) atoms. The van der Waals surface area contributed by atoms with Crippen LogP contribution in [0.1, 0.15) is 29.8 Å². The van der Waals surface area contributed by atoms with Crippen molar-refractivity contribution in [3.05, 3.63) is 64.4 Å². The molecule has 0 atom stereocenters. The van der Waals surface area contributed by atoms with Crippen LogP contribution in [0.5, 0.6) is 5.75 Å². The van der Waals surface area contributed by atoms with E-state index in [1.54, 1.807) is 6.07 Å². The highest BCUT2D eigenvalue weighted by Gasteiger charge is 2.21. The molecular formula is C19H21ClFNO4S. The second kappa shape index (κ2) is 8.71. The third kappa shape index (κ3) is 6.52. The van der Waals surface area contributed by atoms with E-state index in [-0.39, 0.29) is 29.7 Å². The van der Waals surface area contributed by atoms with Gasteiger partial charge in [0.25, 0.3) is 5.91 Å². The minimum atomic E-state index is -3.75. The predicted molar refractivity (Wildman–Crippen MR) is 103 cm³/mol. The van der Waals surface area contributed by atoms with Crippen molar-refractivity contribution in [1.82, 2.24) is 4.90 Å². The van der Waals surface area contributed by atoms with E-state index in [0.717, 1.165) is 6.26 Å². The number of halogens is 2. The van der Waals surface area contributed by atoms with E-state index in [2.05, 4.69) is 0 Å². The third-order valence-corrected chi connectivity index (χ3v) is 4.29. The lowest BCUT2D eigenvalue weighted by atomic mass is 10.1. The first-order valence-corrected chi connectivity index (χ1v) is 10.5. The van der Waals surface area contributed by atoms with Gasteiger partial charge in [-0.15, -0.1) is 0 Å². The Labute approximate surface area is 163 Å². The second-order valence-electron chi connectivity index (χ2n) is 6.63. The number of rotatable bonds is 7. The number of carbonyl (C=O) groups is 1. The fourth-order valence-corrected chi connectivity index (χ4v) is 3.27. The van der Waals surface area contributed by atoms with E-state index < -0.39 is 15.9 Å². The predicted octanol–water partition coefficient (Wildman–Crippen LogP) is 4.12. The van der Waals surface area contributed by atoms with E-state index in [1.807, 2.05) is 13.8 Å². The fourth-order valence-electron chi connectivity index (χ4n) is 2.59. The number of nitrogens with zero attached hydrogens (tertiary/aromatic N) is 1. The van der Waals surface area contributed by atoms with Gasteiger partial charge in [-0.05, 0) is 42.3 Å². The summed E-state index contributed by atoms with van der Waals surface area (Å²) in [6, 6.07) is 9.93. The summed E-state index contributed by atoms with van der Waals surface area (Å²) in [6.45, 7) is 4.34. The van der Waals surface area contributed by atoms with Gasteiger partial charge >= 0.3 is 10.1 Å². The summed E-state index contributed by atoms with van der Waals surface area (Å²) in [5, 5.41) is 0.383. The van der Waals surface area contributed by atoms with Gasteiger partial charge in [0.15, 0.2) is 0 Å². The van der Waals surface area contributed by atoms with Crippen LogP contribution in [0.25, 0.3) is 0 Å². The zero-order valence-electron chi connectivity index (χ0n) is 15.3. The highest BCUT2D eigenvalue weighted by atomic mass is 35.5. The molecule has 2 aromatic carbocycles. The Morgan fingerprint density at radius 3 is 2.52 bits per heavy atom. The number of benzene rings is 2. The van der Waals surface area contributed by atoms with Crippen LogP contribution >= 0.6 is 11.6 Å². The molecule has 1 amide bonds. The summed E-state index contributed by atoms with van der Waals surface area (Å²) in [7, 11) is -3.75. The summed E-state index contributed by atoms with van der Waals surface area (Å²) in [5.74, 6) is -0.633. The summed E-state index contributed by atoms with van der Waals surface area (Å²) in [4.78, 5) is 14.4. The van der Waals surface area contributed by atoms with Crippen molar-refractivity contribution in [1.29, 1.82) is 0 Å². The van der Waals surface area contributed by atoms with Gasteiger partial charge in [0.2, 0.25) is 0 Å². The molecule has 0 aromatic heterocycles. The van der Waals surface area contributed by atoms with Crippen LogP contribution in [-0.2, 0) is 16.7 Å². The van der Waals surface area contributed by atoms with Crippen molar-refractivity contribution in [2.24, 2.45) is 5.92 Å². The molecule has 0 saturated carbocycles. The van der Waals surface area contributed by atoms with Crippen molar-refractivity contribution in [2.75, 3.05) is 12.8 Å². The van der Waals surface area contributed by atoms with Crippen molar-refractivity contribution >= 4 is 27.6 Å². The minimum absolute atomic E-state index is 0.0684. The van der Waals surface area contributed by atoms with Crippen molar-refractivity contribution in [3.63, 3.8) is 0 Å². The molecule has 0 aliphatic rings. The highest BCUT2D eigenvalue weighted by Crippen LogP contribution is 2.26. The van der Waals surface area contributed by atoms with E-state index in [9.17, 15) is 17.6 Å². The van der Waals surface area contributed by atoms with Crippen LogP contribution < -0.4 is 4.18 Å². The van der Waals surface area contributed by atoms with Gasteiger partial charge in [0, 0.05) is 29.2 Å². The fraction of sp³-hybridized carbons (Fsp3) is 0.316. The average molecular weight is 414 g/mol. The molecule has 0 N–H and O–H groups in total. The Balaban J connectivity index is 2.39. The van der Waals surface area contributed by atoms with Gasteiger partial charge in [0.1, 0.15) is 11.6 Å². The number of amides is 1. The highest BCUT2D eigenvalue weighted by molar-refractivity contribution is 7.86. The van der Waals surface area contributed by atoms with Crippen LogP contribution in [0.2, 0.25) is 5.02 Å².